The van der Waals surface area contributed by atoms with Crippen LogP contribution in [0.15, 0.2) is 206 Å². The normalized spacial score (nSPS) is 21.2. The Hall–Kier alpha value is -8.34. The van der Waals surface area contributed by atoms with E-state index < -0.39 is 0 Å². The summed E-state index contributed by atoms with van der Waals surface area (Å²) in [5.74, 6) is 1.92. The fraction of sp³-hybridized carbons (Fsp3) is 0.147. The van der Waals surface area contributed by atoms with Crippen LogP contribution in [0, 0.1) is 5.41 Å². The van der Waals surface area contributed by atoms with Gasteiger partial charge in [0.05, 0.1) is 0 Å². The first kappa shape index (κ1) is 42.5. The molecule has 11 aromatic carbocycles. The van der Waals surface area contributed by atoms with Gasteiger partial charge in [0.15, 0.2) is 0 Å². The van der Waals surface area contributed by atoms with Crippen LogP contribution in [0.3, 0.4) is 0 Å². The third-order valence-electron chi connectivity index (χ3n) is 18.2. The Kier molecular flexibility index (Phi) is 8.91. The van der Waals surface area contributed by atoms with E-state index in [0.29, 0.717) is 13.2 Å². The van der Waals surface area contributed by atoms with E-state index in [1.807, 2.05) is 36.4 Å². The molecule has 0 heterocycles. The summed E-state index contributed by atoms with van der Waals surface area (Å²) in [5.41, 5.74) is 12.5. The molecule has 0 bridgehead atoms. The van der Waals surface area contributed by atoms with Gasteiger partial charge in [-0.25, -0.2) is 0 Å². The van der Waals surface area contributed by atoms with Crippen molar-refractivity contribution in [1.82, 2.24) is 0 Å². The summed E-state index contributed by atoms with van der Waals surface area (Å²) in [4.78, 5) is 0. The van der Waals surface area contributed by atoms with E-state index in [0.717, 1.165) is 88.0 Å². The zero-order chi connectivity index (χ0) is 48.7. The summed E-state index contributed by atoms with van der Waals surface area (Å²) in [6, 6.07) is 72.4. The predicted octanol–water partition coefficient (Wildman–Crippen LogP) is 16.5. The molecule has 0 fully saturated rings. The van der Waals surface area contributed by atoms with Crippen LogP contribution in [-0.2, 0) is 29.5 Å². The van der Waals surface area contributed by atoms with Gasteiger partial charge in [0.2, 0.25) is 0 Å². The Balaban J connectivity index is 0.871. The van der Waals surface area contributed by atoms with Crippen molar-refractivity contribution in [2.45, 2.75) is 57.2 Å². The Morgan fingerprint density at radius 3 is 1.04 bits per heavy atom. The van der Waals surface area contributed by atoms with Gasteiger partial charge in [0.1, 0.15) is 36.2 Å². The molecule has 0 unspecified atom stereocenters. The standard InChI is InChI=1S/C68H52O4/c1-65-51-23-13-14-24-52(51)66(2)56-38-42(40-72-60-36-30-46-18-8-12-22-50(46)64(60)62-48-20-10-6-16-44(48)28-34-58(62)70)26-32-54(56)67(3,68(65,66)4)55-37-41(25-31-53(55)65)39-71-59-35-29-45-17-7-11-21-49(45)63(59)61-47-19-9-5-15-43(47)27-33-57(61)69/h5-38,69-70H,39-40H2,1-4H3/t65-,66+,67+,68+/m0/s1. The molecule has 11 aromatic rings. The van der Waals surface area contributed by atoms with E-state index in [4.69, 9.17) is 9.47 Å². The molecule has 2 N–H and O–H groups in total. The van der Waals surface area contributed by atoms with Gasteiger partial charge in [-0.1, -0.05) is 210 Å². The number of fused-ring (bicyclic) bond motifs is 13. The fourth-order valence-corrected chi connectivity index (χ4v) is 14.6. The van der Waals surface area contributed by atoms with Crippen LogP contribution < -0.4 is 9.47 Å². The Morgan fingerprint density at radius 2 is 0.639 bits per heavy atom. The number of aromatic hydroxyl groups is 2. The van der Waals surface area contributed by atoms with E-state index in [9.17, 15) is 10.2 Å². The number of phenols is 2. The first-order valence-electron chi connectivity index (χ1n) is 25.1. The first-order valence-corrected chi connectivity index (χ1v) is 25.1. The zero-order valence-electron chi connectivity index (χ0n) is 40.8. The molecule has 3 aliphatic rings. The van der Waals surface area contributed by atoms with Crippen LogP contribution in [0.25, 0.3) is 65.3 Å². The molecule has 14 rings (SSSR count). The molecule has 72 heavy (non-hydrogen) atoms. The van der Waals surface area contributed by atoms with E-state index >= 15 is 0 Å². The molecule has 4 nitrogen and oxygen atoms in total. The number of phenolic OH excluding ortho intramolecular Hbond substituents is 2. The fourth-order valence-electron chi connectivity index (χ4n) is 14.6. The maximum Gasteiger partial charge on any atom is 0.128 e. The molecule has 0 saturated carbocycles. The highest BCUT2D eigenvalue weighted by Crippen LogP contribution is 2.82. The molecule has 4 heteroatoms. The van der Waals surface area contributed by atoms with Crippen molar-refractivity contribution >= 4 is 43.1 Å². The summed E-state index contributed by atoms with van der Waals surface area (Å²) >= 11 is 0. The molecular formula is C68H52O4. The average Bonchev–Trinajstić information content (AvgIpc) is 3.77. The molecule has 3 aliphatic carbocycles. The zero-order valence-corrected chi connectivity index (χ0v) is 40.8. The van der Waals surface area contributed by atoms with Crippen molar-refractivity contribution in [3.05, 3.63) is 251 Å². The summed E-state index contributed by atoms with van der Waals surface area (Å²) in [5, 5.41) is 31.5. The van der Waals surface area contributed by atoms with Crippen LogP contribution in [0.2, 0.25) is 0 Å². The summed E-state index contributed by atoms with van der Waals surface area (Å²) < 4.78 is 14.0. The van der Waals surface area contributed by atoms with Crippen molar-refractivity contribution < 1.29 is 19.7 Å². The first-order chi connectivity index (χ1) is 35.1. The molecular weight excluding hydrogens is 881 g/mol. The molecule has 0 aliphatic heterocycles. The van der Waals surface area contributed by atoms with Gasteiger partial charge < -0.3 is 19.7 Å². The van der Waals surface area contributed by atoms with Gasteiger partial charge in [0.25, 0.3) is 0 Å². The van der Waals surface area contributed by atoms with Crippen molar-refractivity contribution in [2.75, 3.05) is 0 Å². The van der Waals surface area contributed by atoms with Crippen LogP contribution in [0.4, 0.5) is 0 Å². The van der Waals surface area contributed by atoms with Gasteiger partial charge in [-0.05, 0) is 112 Å². The van der Waals surface area contributed by atoms with Gasteiger partial charge >= 0.3 is 0 Å². The SMILES string of the molecule is C[C@]12c3ccccc3[C@]3(C)c4cc(COc5ccc6ccccc6c5-c5c(O)ccc6ccccc56)ccc4[C@](C)(c4cc(COc5ccc6ccccc6c5-c5c(O)ccc6ccccc56)ccc41)[C@]23C. The predicted molar refractivity (Wildman–Crippen MR) is 293 cm³/mol. The monoisotopic (exact) mass is 932 g/mol. The van der Waals surface area contributed by atoms with Gasteiger partial charge in [-0.15, -0.1) is 0 Å². The molecule has 4 atom stereocenters. The van der Waals surface area contributed by atoms with E-state index in [1.54, 1.807) is 12.1 Å². The topological polar surface area (TPSA) is 58.9 Å². The van der Waals surface area contributed by atoms with Gasteiger partial charge in [-0.2, -0.15) is 0 Å². The number of benzene rings is 11. The minimum Gasteiger partial charge on any atom is -0.507 e. The van der Waals surface area contributed by atoms with Gasteiger partial charge in [-0.3, -0.25) is 0 Å². The smallest absolute Gasteiger partial charge is 0.128 e. The molecule has 348 valence electrons. The second-order valence-corrected chi connectivity index (χ2v) is 21.1. The Bertz CT molecular complexity index is 3930. The van der Waals surface area contributed by atoms with Crippen LogP contribution in [-0.4, -0.2) is 10.2 Å². The lowest BCUT2D eigenvalue weighted by Gasteiger charge is -2.49. The largest absolute Gasteiger partial charge is 0.507 e. The van der Waals surface area contributed by atoms with E-state index in [1.165, 1.54) is 33.4 Å². The number of rotatable bonds is 8. The number of hydrogen-bond donors (Lipinski definition) is 2. The van der Waals surface area contributed by atoms with Crippen molar-refractivity contribution in [3.8, 4) is 45.3 Å². The molecule has 0 amide bonds. The highest BCUT2D eigenvalue weighted by atomic mass is 16.5. The minimum absolute atomic E-state index is 0.228. The lowest BCUT2D eigenvalue weighted by Crippen LogP contribution is -2.51. The highest BCUT2D eigenvalue weighted by Gasteiger charge is 2.79. The average molecular weight is 933 g/mol. The lowest BCUT2D eigenvalue weighted by atomic mass is 9.52. The summed E-state index contributed by atoms with van der Waals surface area (Å²) in [6.45, 7) is 10.8. The van der Waals surface area contributed by atoms with Crippen molar-refractivity contribution in [1.29, 1.82) is 0 Å². The van der Waals surface area contributed by atoms with Crippen molar-refractivity contribution in [3.63, 3.8) is 0 Å². The maximum absolute atomic E-state index is 11.6. The second-order valence-electron chi connectivity index (χ2n) is 21.1. The van der Waals surface area contributed by atoms with Crippen molar-refractivity contribution in [2.24, 2.45) is 5.41 Å². The van der Waals surface area contributed by atoms with Crippen LogP contribution in [0.1, 0.15) is 72.2 Å². The van der Waals surface area contributed by atoms with Gasteiger partial charge in [0, 0.05) is 43.9 Å². The molecule has 0 aromatic heterocycles. The van der Waals surface area contributed by atoms with E-state index in [-0.39, 0.29) is 33.2 Å². The molecule has 0 radical (unpaired) electrons. The number of hydrogen-bond acceptors (Lipinski definition) is 4. The van der Waals surface area contributed by atoms with Crippen LogP contribution >= 0.6 is 0 Å². The lowest BCUT2D eigenvalue weighted by molar-refractivity contribution is 0.0997. The third-order valence-corrected chi connectivity index (χ3v) is 18.2. The highest BCUT2D eigenvalue weighted by molar-refractivity contribution is 6.11. The summed E-state index contributed by atoms with van der Waals surface area (Å²) in [6.07, 6.45) is 0. The Morgan fingerprint density at radius 1 is 0.319 bits per heavy atom. The minimum atomic E-state index is -0.365. The second kappa shape index (κ2) is 15.1. The Labute approximate surface area is 419 Å². The molecule has 0 spiro atoms. The maximum atomic E-state index is 11.6. The molecule has 0 saturated heterocycles. The van der Waals surface area contributed by atoms with E-state index in [2.05, 4.69) is 185 Å². The quantitative estimate of drug-likeness (QED) is 0.159. The van der Waals surface area contributed by atoms with Crippen LogP contribution in [0.5, 0.6) is 23.0 Å². The summed E-state index contributed by atoms with van der Waals surface area (Å²) in [7, 11) is 0. The third kappa shape index (κ3) is 5.36. The number of ether oxygens (including phenoxy) is 2.